The maximum absolute atomic E-state index is 13.9. The van der Waals surface area contributed by atoms with Crippen LogP contribution in [0.2, 0.25) is 5.02 Å². The van der Waals surface area contributed by atoms with Crippen LogP contribution in [0.25, 0.3) is 10.9 Å². The van der Waals surface area contributed by atoms with Gasteiger partial charge in [-0.2, -0.15) is 9.65 Å². The molecule has 8 nitrogen and oxygen atoms in total. The van der Waals surface area contributed by atoms with E-state index in [1.807, 2.05) is 11.2 Å². The Kier molecular flexibility index (Phi) is 9.09. The molecule has 0 fully saturated rings. The summed E-state index contributed by atoms with van der Waals surface area (Å²) in [6.07, 6.45) is 8.58. The monoisotopic (exact) mass is 594 g/mol. The summed E-state index contributed by atoms with van der Waals surface area (Å²) in [5.41, 5.74) is 8.97. The fraction of sp³-hybridized carbons (Fsp3) is 0.233. The van der Waals surface area contributed by atoms with Crippen molar-refractivity contribution in [3.63, 3.8) is 0 Å². The van der Waals surface area contributed by atoms with E-state index < -0.39 is 23.6 Å². The third-order valence-corrected chi connectivity index (χ3v) is 6.41. The van der Waals surface area contributed by atoms with E-state index in [1.54, 1.807) is 25.1 Å². The second-order valence-electron chi connectivity index (χ2n) is 10.8. The number of hydrogen-bond acceptors (Lipinski definition) is 8. The van der Waals surface area contributed by atoms with Gasteiger partial charge in [-0.25, -0.2) is 13.8 Å². The zero-order valence-electron chi connectivity index (χ0n) is 23.5. The van der Waals surface area contributed by atoms with E-state index in [1.165, 1.54) is 18.3 Å². The highest BCUT2D eigenvalue weighted by molar-refractivity contribution is 6.36. The third-order valence-electron chi connectivity index (χ3n) is 6.12. The number of nitriles is 1. The Morgan fingerprint density at radius 1 is 1.19 bits per heavy atom. The summed E-state index contributed by atoms with van der Waals surface area (Å²) in [5, 5.41) is 18.7. The van der Waals surface area contributed by atoms with E-state index in [4.69, 9.17) is 11.6 Å². The molecule has 0 radical (unpaired) electrons. The minimum absolute atomic E-state index is 0.000799. The van der Waals surface area contributed by atoms with Gasteiger partial charge in [0.1, 0.15) is 11.9 Å². The van der Waals surface area contributed by atoms with Crippen molar-refractivity contribution in [1.29, 1.82) is 5.26 Å². The van der Waals surface area contributed by atoms with Gasteiger partial charge in [-0.05, 0) is 36.1 Å². The number of pyridine rings is 2. The van der Waals surface area contributed by atoms with Crippen molar-refractivity contribution in [3.8, 4) is 6.07 Å². The van der Waals surface area contributed by atoms with Crippen LogP contribution >= 0.6 is 11.6 Å². The molecule has 1 aromatic carbocycles. The fourth-order valence-electron chi connectivity index (χ4n) is 4.22. The second kappa shape index (κ2) is 12.5. The lowest BCUT2D eigenvalue weighted by Gasteiger charge is -2.25. The van der Waals surface area contributed by atoms with Gasteiger partial charge in [0, 0.05) is 36.1 Å². The maximum Gasteiger partial charge on any atom is 0.249 e. The van der Waals surface area contributed by atoms with E-state index in [-0.39, 0.29) is 27.4 Å². The van der Waals surface area contributed by atoms with E-state index in [0.29, 0.717) is 34.4 Å². The Labute approximate surface area is 247 Å². The number of aromatic nitrogens is 2. The highest BCUT2D eigenvalue weighted by atomic mass is 35.5. The molecular weight excluding hydrogens is 565 g/mol. The summed E-state index contributed by atoms with van der Waals surface area (Å²) in [4.78, 5) is 7.73. The number of anilines is 3. The van der Waals surface area contributed by atoms with Gasteiger partial charge in [0.05, 0.1) is 45.4 Å². The zero-order chi connectivity index (χ0) is 30.6. The third kappa shape index (κ3) is 7.21. The first-order valence-electron chi connectivity index (χ1n) is 12.9. The van der Waals surface area contributed by atoms with Gasteiger partial charge in [-0.1, -0.05) is 51.1 Å². The first kappa shape index (κ1) is 30.4. The summed E-state index contributed by atoms with van der Waals surface area (Å²) < 4.78 is 41.2. The number of allylic oxidation sites excluding steroid dienone is 3. The Morgan fingerprint density at radius 2 is 1.95 bits per heavy atom. The van der Waals surface area contributed by atoms with Crippen molar-refractivity contribution in [3.05, 3.63) is 101 Å². The predicted octanol–water partition coefficient (Wildman–Crippen LogP) is 7.16. The van der Waals surface area contributed by atoms with Gasteiger partial charge >= 0.3 is 0 Å². The molecule has 0 saturated heterocycles. The van der Waals surface area contributed by atoms with Gasteiger partial charge in [0.2, 0.25) is 5.95 Å². The summed E-state index contributed by atoms with van der Waals surface area (Å²) in [7, 11) is 0. The normalized spacial score (nSPS) is 14.5. The van der Waals surface area contributed by atoms with Crippen LogP contribution in [0.4, 0.5) is 30.2 Å². The van der Waals surface area contributed by atoms with Gasteiger partial charge in [-0.3, -0.25) is 9.99 Å². The molecule has 4 N–H and O–H groups in total. The summed E-state index contributed by atoms with van der Waals surface area (Å²) >= 11 is 6.64. The van der Waals surface area contributed by atoms with Crippen LogP contribution in [-0.2, 0) is 0 Å². The standard InChI is InChI=1S/C30H30ClF3N8/c1-6-19(32)8-7-17(2)26(25-15-42(41-40-25)16-30(3,4)5)38-20-9-22-27(39-21-11-24(33)29(34)37-14-21)18(12-35)13-36-28(22)23(31)10-20/h6-11,13-15,26,38,40-41H,2,16H2,1,3-5H3,(H,36,39)/b8-7-,19-6+/t26-/m0/s1. The van der Waals surface area contributed by atoms with Crippen LogP contribution in [0.15, 0.2) is 78.7 Å². The molecule has 1 aliphatic heterocycles. The molecule has 0 unspecified atom stereocenters. The topological polar surface area (TPSA) is 101 Å². The largest absolute Gasteiger partial charge is 0.373 e. The highest BCUT2D eigenvalue weighted by Crippen LogP contribution is 2.36. The van der Waals surface area contributed by atoms with Crippen molar-refractivity contribution in [2.75, 3.05) is 17.2 Å². The van der Waals surface area contributed by atoms with Gasteiger partial charge < -0.3 is 16.1 Å². The highest BCUT2D eigenvalue weighted by Gasteiger charge is 2.25. The van der Waals surface area contributed by atoms with Gasteiger partial charge in [0.15, 0.2) is 5.82 Å². The molecule has 12 heteroatoms. The van der Waals surface area contributed by atoms with Crippen LogP contribution in [0, 0.1) is 28.5 Å². The van der Waals surface area contributed by atoms with Crippen molar-refractivity contribution in [2.45, 2.75) is 33.7 Å². The molecule has 0 amide bonds. The molecule has 42 heavy (non-hydrogen) atoms. The molecule has 1 atom stereocenters. The average Bonchev–Trinajstić information content (AvgIpc) is 3.38. The number of halogens is 4. The smallest absolute Gasteiger partial charge is 0.249 e. The first-order chi connectivity index (χ1) is 19.9. The number of nitrogens with zero attached hydrogens (tertiary/aromatic N) is 4. The number of hydrazine groups is 2. The number of benzene rings is 1. The molecular formula is C30H30ClF3N8. The quantitative estimate of drug-likeness (QED) is 0.153. The zero-order valence-corrected chi connectivity index (χ0v) is 24.2. The molecule has 2 aromatic heterocycles. The van der Waals surface area contributed by atoms with Gasteiger partial charge in [-0.15, -0.1) is 5.53 Å². The van der Waals surface area contributed by atoms with Crippen molar-refractivity contribution in [2.24, 2.45) is 5.41 Å². The fourth-order valence-corrected chi connectivity index (χ4v) is 4.49. The number of nitrogens with one attached hydrogen (secondary N) is 4. The number of fused-ring (bicyclic) bond motifs is 1. The van der Waals surface area contributed by atoms with E-state index in [0.717, 1.165) is 12.3 Å². The molecule has 218 valence electrons. The number of rotatable bonds is 9. The van der Waals surface area contributed by atoms with Crippen molar-refractivity contribution >= 4 is 39.6 Å². The lowest BCUT2D eigenvalue weighted by atomic mass is 9.97. The van der Waals surface area contributed by atoms with Crippen LogP contribution in [0.1, 0.15) is 33.3 Å². The van der Waals surface area contributed by atoms with E-state index in [2.05, 4.69) is 65.0 Å². The summed E-state index contributed by atoms with van der Waals surface area (Å²) in [6, 6.07) is 5.82. The van der Waals surface area contributed by atoms with Crippen LogP contribution in [0.5, 0.6) is 0 Å². The lowest BCUT2D eigenvalue weighted by Crippen LogP contribution is -2.42. The first-order valence-corrected chi connectivity index (χ1v) is 13.3. The summed E-state index contributed by atoms with van der Waals surface area (Å²) in [6.45, 7) is 12.8. The molecule has 1 aliphatic rings. The van der Waals surface area contributed by atoms with Crippen LogP contribution < -0.4 is 21.6 Å². The molecule has 0 saturated carbocycles. The van der Waals surface area contributed by atoms with Gasteiger partial charge in [0.25, 0.3) is 0 Å². The summed E-state index contributed by atoms with van der Waals surface area (Å²) in [5.74, 6) is -2.80. The van der Waals surface area contributed by atoms with Crippen LogP contribution in [0.3, 0.4) is 0 Å². The lowest BCUT2D eigenvalue weighted by molar-refractivity contribution is 0.191. The molecule has 3 heterocycles. The average molecular weight is 595 g/mol. The van der Waals surface area contributed by atoms with Crippen LogP contribution in [-0.4, -0.2) is 27.6 Å². The van der Waals surface area contributed by atoms with E-state index in [9.17, 15) is 18.4 Å². The predicted molar refractivity (Wildman–Crippen MR) is 160 cm³/mol. The molecule has 4 rings (SSSR count). The minimum atomic E-state index is -1.24. The molecule has 0 bridgehead atoms. The molecule has 0 aliphatic carbocycles. The Hall–Kier alpha value is -4.53. The van der Waals surface area contributed by atoms with Crippen molar-refractivity contribution < 1.29 is 13.2 Å². The maximum atomic E-state index is 13.9. The molecule has 0 spiro atoms. The minimum Gasteiger partial charge on any atom is -0.373 e. The Bertz CT molecular complexity index is 1650. The Balaban J connectivity index is 1.77. The number of hydrogen-bond donors (Lipinski definition) is 4. The SMILES string of the molecule is C=C(/C=C\C(F)=C/C)[C@H](Nc1cc(Cl)c2ncc(C#N)c(Nc3cnc(F)c(F)c3)c2c1)C1=CN(CC(C)(C)C)NN1. The van der Waals surface area contributed by atoms with E-state index >= 15 is 0 Å². The molecule has 3 aromatic rings. The second-order valence-corrected chi connectivity index (χ2v) is 11.2. The Morgan fingerprint density at radius 3 is 2.62 bits per heavy atom. The van der Waals surface area contributed by atoms with Crippen molar-refractivity contribution in [1.82, 2.24) is 25.9 Å².